The van der Waals surface area contributed by atoms with Gasteiger partial charge in [0.05, 0.1) is 10.8 Å². The largest absolute Gasteiger partial charge is 0.335 e. The highest BCUT2D eigenvalue weighted by Gasteiger charge is 2.16. The summed E-state index contributed by atoms with van der Waals surface area (Å²) in [5.41, 5.74) is 2.54. The van der Waals surface area contributed by atoms with Gasteiger partial charge in [0.15, 0.2) is 5.82 Å². The number of carbonyl (C=O) groups excluding carboxylic acids is 1. The first kappa shape index (κ1) is 20.5. The van der Waals surface area contributed by atoms with Gasteiger partial charge in [-0.15, -0.1) is 10.2 Å². The highest BCUT2D eigenvalue weighted by Crippen LogP contribution is 2.30. The van der Waals surface area contributed by atoms with Crippen LogP contribution in [0.5, 0.6) is 0 Å². The molecule has 0 radical (unpaired) electrons. The van der Waals surface area contributed by atoms with Crippen molar-refractivity contribution in [1.82, 2.24) is 14.9 Å². The molecule has 1 heterocycles. The monoisotopic (exact) mass is 435 g/mol. The number of aromatic nitrogens is 3. The molecule has 3 aromatic rings. The molecular weight excluding hydrogens is 417 g/mol. The zero-order chi connectivity index (χ0) is 20.3. The first-order chi connectivity index (χ1) is 13.3. The molecule has 1 aromatic heterocycles. The molecule has 0 atom stereocenters. The number of hydrogen-bond donors (Lipinski definition) is 2. The molecule has 2 aromatic carbocycles. The molecule has 146 valence electrons. The lowest BCUT2D eigenvalue weighted by Gasteiger charge is -2.08. The van der Waals surface area contributed by atoms with E-state index in [1.807, 2.05) is 24.3 Å². The number of halogens is 2. The summed E-state index contributed by atoms with van der Waals surface area (Å²) in [5, 5.41) is 12.3. The van der Waals surface area contributed by atoms with Crippen LogP contribution in [0, 0.1) is 0 Å². The van der Waals surface area contributed by atoms with E-state index in [1.54, 1.807) is 18.2 Å². The second kappa shape index (κ2) is 8.86. The van der Waals surface area contributed by atoms with Gasteiger partial charge in [-0.3, -0.25) is 4.79 Å². The molecule has 0 aliphatic heterocycles. The maximum absolute atomic E-state index is 12.2. The predicted octanol–water partition coefficient (Wildman–Crippen LogP) is 4.82. The van der Waals surface area contributed by atoms with E-state index in [-0.39, 0.29) is 11.7 Å². The Balaban J connectivity index is 1.64. The normalized spacial score (nSPS) is 11.0. The fourth-order valence-electron chi connectivity index (χ4n) is 2.51. The van der Waals surface area contributed by atoms with Crippen LogP contribution in [-0.4, -0.2) is 26.5 Å². The average molecular weight is 436 g/mol. The van der Waals surface area contributed by atoms with E-state index in [4.69, 9.17) is 29.0 Å². The number of amides is 1. The Morgan fingerprint density at radius 3 is 2.57 bits per heavy atom. The van der Waals surface area contributed by atoms with Crippen LogP contribution in [0.1, 0.15) is 25.3 Å². The third kappa shape index (κ3) is 4.79. The van der Waals surface area contributed by atoms with Gasteiger partial charge in [-0.2, -0.15) is 0 Å². The Bertz CT molecular complexity index is 988. The van der Waals surface area contributed by atoms with Crippen molar-refractivity contribution in [1.29, 1.82) is 0 Å². The number of thioether (sulfide) groups is 1. The van der Waals surface area contributed by atoms with Crippen LogP contribution in [0.15, 0.2) is 47.6 Å². The van der Waals surface area contributed by atoms with E-state index < -0.39 is 0 Å². The Morgan fingerprint density at radius 1 is 1.18 bits per heavy atom. The number of nitrogens with two attached hydrogens (primary N) is 1. The van der Waals surface area contributed by atoms with Crippen molar-refractivity contribution in [3.63, 3.8) is 0 Å². The molecular formula is C19H19Cl2N5OS. The summed E-state index contributed by atoms with van der Waals surface area (Å²) in [7, 11) is 0. The quantitative estimate of drug-likeness (QED) is 0.428. The standard InChI is InChI=1S/C19H19Cl2N5OS/c1-11(2)12-3-6-14(7-4-12)23-17(27)10-28-19-25-24-18(26(19)22)15-9-13(20)5-8-16(15)21/h3-9,11H,10,22H2,1-2H3,(H,23,27). The maximum Gasteiger partial charge on any atom is 0.234 e. The van der Waals surface area contributed by atoms with Gasteiger partial charge in [0, 0.05) is 16.3 Å². The molecule has 28 heavy (non-hydrogen) atoms. The van der Waals surface area contributed by atoms with Gasteiger partial charge in [-0.25, -0.2) is 4.68 Å². The van der Waals surface area contributed by atoms with Gasteiger partial charge >= 0.3 is 0 Å². The molecule has 0 saturated heterocycles. The second-order valence-electron chi connectivity index (χ2n) is 6.41. The first-order valence-electron chi connectivity index (χ1n) is 8.53. The Kier molecular flexibility index (Phi) is 6.49. The predicted molar refractivity (Wildman–Crippen MR) is 116 cm³/mol. The first-order valence-corrected chi connectivity index (χ1v) is 10.3. The van der Waals surface area contributed by atoms with Crippen LogP contribution in [-0.2, 0) is 4.79 Å². The molecule has 0 aliphatic rings. The van der Waals surface area contributed by atoms with Gasteiger partial charge in [-0.1, -0.05) is 60.9 Å². The smallest absolute Gasteiger partial charge is 0.234 e. The molecule has 3 rings (SSSR count). The molecule has 0 spiro atoms. The summed E-state index contributed by atoms with van der Waals surface area (Å²) in [4.78, 5) is 12.2. The van der Waals surface area contributed by atoms with Crippen LogP contribution < -0.4 is 11.2 Å². The zero-order valence-electron chi connectivity index (χ0n) is 15.3. The zero-order valence-corrected chi connectivity index (χ0v) is 17.6. The lowest BCUT2D eigenvalue weighted by molar-refractivity contribution is -0.113. The lowest BCUT2D eigenvalue weighted by Crippen LogP contribution is -2.16. The highest BCUT2D eigenvalue weighted by atomic mass is 35.5. The fourth-order valence-corrected chi connectivity index (χ4v) is 3.54. The molecule has 1 amide bonds. The van der Waals surface area contributed by atoms with Gasteiger partial charge in [0.1, 0.15) is 0 Å². The van der Waals surface area contributed by atoms with Gasteiger partial charge in [0.25, 0.3) is 0 Å². The Hall–Kier alpha value is -2.22. The van der Waals surface area contributed by atoms with E-state index in [9.17, 15) is 4.79 Å². The summed E-state index contributed by atoms with van der Waals surface area (Å²) in [5.74, 6) is 6.88. The second-order valence-corrected chi connectivity index (χ2v) is 8.20. The number of nitrogens with one attached hydrogen (secondary N) is 1. The van der Waals surface area contributed by atoms with E-state index >= 15 is 0 Å². The van der Waals surface area contributed by atoms with E-state index in [0.717, 1.165) is 5.69 Å². The van der Waals surface area contributed by atoms with Gasteiger partial charge < -0.3 is 11.2 Å². The van der Waals surface area contributed by atoms with Crippen LogP contribution in [0.3, 0.4) is 0 Å². The van der Waals surface area contributed by atoms with Crippen molar-refractivity contribution < 1.29 is 4.79 Å². The highest BCUT2D eigenvalue weighted by molar-refractivity contribution is 7.99. The minimum atomic E-state index is -0.160. The van der Waals surface area contributed by atoms with Crippen LogP contribution in [0.2, 0.25) is 10.0 Å². The van der Waals surface area contributed by atoms with Crippen LogP contribution in [0.4, 0.5) is 5.69 Å². The third-order valence-corrected chi connectivity index (χ3v) is 5.54. The summed E-state index contributed by atoms with van der Waals surface area (Å²) in [6.07, 6.45) is 0. The Morgan fingerprint density at radius 2 is 1.89 bits per heavy atom. The number of rotatable bonds is 6. The van der Waals surface area contributed by atoms with E-state index in [2.05, 4.69) is 29.4 Å². The van der Waals surface area contributed by atoms with Crippen molar-refractivity contribution >= 4 is 46.6 Å². The lowest BCUT2D eigenvalue weighted by atomic mass is 10.0. The summed E-state index contributed by atoms with van der Waals surface area (Å²) >= 11 is 13.4. The van der Waals surface area contributed by atoms with Gasteiger partial charge in [-0.05, 0) is 41.8 Å². The minimum Gasteiger partial charge on any atom is -0.335 e. The van der Waals surface area contributed by atoms with Gasteiger partial charge in [0.2, 0.25) is 11.1 Å². The van der Waals surface area contributed by atoms with Crippen molar-refractivity contribution in [2.75, 3.05) is 16.9 Å². The number of nitrogen functional groups attached to an aromatic ring is 1. The van der Waals surface area contributed by atoms with Crippen molar-refractivity contribution in [2.24, 2.45) is 0 Å². The van der Waals surface area contributed by atoms with E-state index in [0.29, 0.717) is 32.5 Å². The SMILES string of the molecule is CC(C)c1ccc(NC(=O)CSc2nnc(-c3cc(Cl)ccc3Cl)n2N)cc1. The maximum atomic E-state index is 12.2. The summed E-state index contributed by atoms with van der Waals surface area (Å²) < 4.78 is 1.30. The number of carbonyl (C=O) groups is 1. The van der Waals surface area contributed by atoms with Crippen molar-refractivity contribution in [2.45, 2.75) is 24.9 Å². The number of hydrogen-bond acceptors (Lipinski definition) is 5. The van der Waals surface area contributed by atoms with Crippen LogP contribution >= 0.6 is 35.0 Å². The molecule has 0 unspecified atom stereocenters. The fraction of sp³-hybridized carbons (Fsp3) is 0.211. The number of benzene rings is 2. The van der Waals surface area contributed by atoms with Crippen molar-refractivity contribution in [3.8, 4) is 11.4 Å². The number of nitrogens with zero attached hydrogens (tertiary/aromatic N) is 3. The topological polar surface area (TPSA) is 85.8 Å². The van der Waals surface area contributed by atoms with E-state index in [1.165, 1.54) is 22.0 Å². The molecule has 0 fully saturated rings. The molecule has 6 nitrogen and oxygen atoms in total. The Labute approximate surface area is 177 Å². The molecule has 0 bridgehead atoms. The molecule has 9 heteroatoms. The summed E-state index contributed by atoms with van der Waals surface area (Å²) in [6, 6.07) is 12.8. The number of anilines is 1. The molecule has 0 saturated carbocycles. The molecule has 3 N–H and O–H groups in total. The average Bonchev–Trinajstić information content (AvgIpc) is 3.03. The van der Waals surface area contributed by atoms with Crippen LogP contribution in [0.25, 0.3) is 11.4 Å². The summed E-state index contributed by atoms with van der Waals surface area (Å²) in [6.45, 7) is 4.25. The third-order valence-electron chi connectivity index (χ3n) is 4.03. The molecule has 0 aliphatic carbocycles. The minimum absolute atomic E-state index is 0.143. The van der Waals surface area contributed by atoms with Crippen molar-refractivity contribution in [3.05, 3.63) is 58.1 Å².